The number of carbonyl (C=O) groups excluding carboxylic acids is 1. The van der Waals surface area contributed by atoms with Crippen LogP contribution < -0.4 is 15.1 Å². The highest BCUT2D eigenvalue weighted by Gasteiger charge is 2.28. The number of benzene rings is 1. The van der Waals surface area contributed by atoms with Gasteiger partial charge < -0.3 is 20.0 Å². The summed E-state index contributed by atoms with van der Waals surface area (Å²) in [4.78, 5) is 27.9. The summed E-state index contributed by atoms with van der Waals surface area (Å²) in [7, 11) is 2.23. The van der Waals surface area contributed by atoms with E-state index in [1.807, 2.05) is 42.2 Å². The summed E-state index contributed by atoms with van der Waals surface area (Å²) in [6.45, 7) is 7.39. The third kappa shape index (κ3) is 3.88. The molecule has 2 aliphatic heterocycles. The Morgan fingerprint density at radius 1 is 1.11 bits per heavy atom. The van der Waals surface area contributed by atoms with Crippen LogP contribution in [0.4, 0.5) is 16.3 Å². The molecule has 1 fully saturated rings. The number of aryl methyl sites for hydroxylation is 1. The zero-order valence-corrected chi connectivity index (χ0v) is 16.0. The summed E-state index contributed by atoms with van der Waals surface area (Å²) in [5.74, 6) is 1.83. The molecule has 0 aliphatic carbocycles. The van der Waals surface area contributed by atoms with Crippen LogP contribution in [0.1, 0.15) is 17.1 Å². The van der Waals surface area contributed by atoms with Gasteiger partial charge in [-0.3, -0.25) is 0 Å². The van der Waals surface area contributed by atoms with E-state index in [1.54, 1.807) is 4.90 Å². The molecule has 4 rings (SSSR count). The molecule has 0 spiro atoms. The van der Waals surface area contributed by atoms with Gasteiger partial charge >= 0.3 is 6.03 Å². The first-order valence-corrected chi connectivity index (χ1v) is 9.64. The van der Waals surface area contributed by atoms with Gasteiger partial charge in [-0.05, 0) is 19.1 Å². The number of nitrogens with one attached hydrogen (secondary N) is 2. The number of aromatic nitrogens is 2. The Bertz CT molecular complexity index is 817. The highest BCUT2D eigenvalue weighted by Crippen LogP contribution is 2.27. The minimum Gasteiger partial charge on any atom is -0.345 e. The average Bonchev–Trinajstić information content (AvgIpc) is 2.68. The molecule has 2 aliphatic rings. The fourth-order valence-corrected chi connectivity index (χ4v) is 3.78. The number of anilines is 2. The molecule has 2 aromatic rings. The fraction of sp³-hybridized carbons (Fsp3) is 0.450. The Hall–Kier alpha value is -2.67. The highest BCUT2D eigenvalue weighted by molar-refractivity contribution is 5.89. The van der Waals surface area contributed by atoms with Crippen LogP contribution in [0.25, 0.3) is 0 Å². The zero-order valence-electron chi connectivity index (χ0n) is 16.0. The van der Waals surface area contributed by atoms with E-state index in [0.29, 0.717) is 13.1 Å². The molecule has 3 heterocycles. The molecule has 0 bridgehead atoms. The van der Waals surface area contributed by atoms with Gasteiger partial charge in [0.05, 0.1) is 45.5 Å². The van der Waals surface area contributed by atoms with Crippen molar-refractivity contribution in [1.29, 1.82) is 0 Å². The predicted molar refractivity (Wildman–Crippen MR) is 105 cm³/mol. The third-order valence-corrected chi connectivity index (χ3v) is 5.38. The Morgan fingerprint density at radius 3 is 2.59 bits per heavy atom. The van der Waals surface area contributed by atoms with E-state index in [9.17, 15) is 4.79 Å². The van der Waals surface area contributed by atoms with Gasteiger partial charge in [0.1, 0.15) is 11.6 Å². The largest absolute Gasteiger partial charge is 0.345 e. The molecule has 2 amide bonds. The van der Waals surface area contributed by atoms with E-state index in [1.165, 1.54) is 0 Å². The predicted octanol–water partition coefficient (Wildman–Crippen LogP) is 0.710. The van der Waals surface area contributed by atoms with Gasteiger partial charge in [-0.2, -0.15) is 0 Å². The van der Waals surface area contributed by atoms with Crippen molar-refractivity contribution in [2.45, 2.75) is 19.9 Å². The minimum atomic E-state index is -0.0683. The standard InChI is InChI=1S/C20H26N6O/c1-15-21-18-8-9-26(20(27)23-16-6-4-3-5-7-16)14-17(18)19(22-15)25-12-10-24(2)11-13-25/h3-7H,8-14H2,1-2H3,(H,23,27)/p+1. The van der Waals surface area contributed by atoms with Crippen molar-refractivity contribution in [2.75, 3.05) is 50.0 Å². The second-order valence-electron chi connectivity index (χ2n) is 7.43. The molecular weight excluding hydrogens is 340 g/mol. The number of hydrogen-bond donors (Lipinski definition) is 2. The number of quaternary nitrogens is 1. The Morgan fingerprint density at radius 2 is 1.85 bits per heavy atom. The number of likely N-dealkylation sites (N-methyl/N-ethyl adjacent to an activating group) is 1. The number of piperazine rings is 1. The lowest BCUT2D eigenvalue weighted by Crippen LogP contribution is -3.12. The van der Waals surface area contributed by atoms with Gasteiger partial charge in [0.15, 0.2) is 0 Å². The molecule has 0 unspecified atom stereocenters. The summed E-state index contributed by atoms with van der Waals surface area (Å²) >= 11 is 0. The molecule has 27 heavy (non-hydrogen) atoms. The topological polar surface area (TPSA) is 65.8 Å². The summed E-state index contributed by atoms with van der Waals surface area (Å²) in [6, 6.07) is 9.52. The minimum absolute atomic E-state index is 0.0683. The van der Waals surface area contributed by atoms with Gasteiger partial charge in [0, 0.05) is 24.2 Å². The van der Waals surface area contributed by atoms with Gasteiger partial charge in [0.2, 0.25) is 0 Å². The monoisotopic (exact) mass is 367 g/mol. The molecular formula is C20H27N6O+. The molecule has 142 valence electrons. The second-order valence-corrected chi connectivity index (χ2v) is 7.43. The Balaban J connectivity index is 1.55. The SMILES string of the molecule is Cc1nc2c(c(N3CC[NH+](C)CC3)n1)CN(C(=O)Nc1ccccc1)CC2. The van der Waals surface area contributed by atoms with E-state index in [0.717, 1.165) is 61.2 Å². The first-order valence-electron chi connectivity index (χ1n) is 9.64. The van der Waals surface area contributed by atoms with Crippen LogP contribution >= 0.6 is 0 Å². The molecule has 0 saturated carbocycles. The maximum absolute atomic E-state index is 12.7. The lowest BCUT2D eigenvalue weighted by molar-refractivity contribution is -0.880. The number of urea groups is 1. The molecule has 1 aromatic heterocycles. The van der Waals surface area contributed by atoms with Crippen molar-refractivity contribution in [1.82, 2.24) is 14.9 Å². The van der Waals surface area contributed by atoms with Crippen LogP contribution in [0.5, 0.6) is 0 Å². The number of amides is 2. The number of fused-ring (bicyclic) bond motifs is 1. The Kier molecular flexibility index (Phi) is 4.94. The molecule has 1 saturated heterocycles. The average molecular weight is 367 g/mol. The fourth-order valence-electron chi connectivity index (χ4n) is 3.78. The molecule has 1 aromatic carbocycles. The van der Waals surface area contributed by atoms with Gasteiger partial charge in [-0.15, -0.1) is 0 Å². The van der Waals surface area contributed by atoms with Crippen molar-refractivity contribution < 1.29 is 9.69 Å². The second kappa shape index (κ2) is 7.52. The lowest BCUT2D eigenvalue weighted by atomic mass is 10.1. The van der Waals surface area contributed by atoms with E-state index < -0.39 is 0 Å². The summed E-state index contributed by atoms with van der Waals surface area (Å²) in [5, 5.41) is 2.99. The summed E-state index contributed by atoms with van der Waals surface area (Å²) in [6.07, 6.45) is 0.771. The summed E-state index contributed by atoms with van der Waals surface area (Å²) < 4.78 is 0. The third-order valence-electron chi connectivity index (χ3n) is 5.38. The van der Waals surface area contributed by atoms with E-state index >= 15 is 0 Å². The number of rotatable bonds is 2. The molecule has 0 atom stereocenters. The number of para-hydroxylation sites is 1. The summed E-state index contributed by atoms with van der Waals surface area (Å²) in [5.41, 5.74) is 3.01. The van der Waals surface area contributed by atoms with Crippen molar-refractivity contribution in [3.63, 3.8) is 0 Å². The van der Waals surface area contributed by atoms with E-state index in [2.05, 4.69) is 22.2 Å². The van der Waals surface area contributed by atoms with E-state index in [-0.39, 0.29) is 6.03 Å². The molecule has 7 nitrogen and oxygen atoms in total. The number of carbonyl (C=O) groups is 1. The Labute approximate surface area is 160 Å². The van der Waals surface area contributed by atoms with Crippen LogP contribution in [0.15, 0.2) is 30.3 Å². The molecule has 7 heteroatoms. The first-order chi connectivity index (χ1) is 13.1. The first kappa shape index (κ1) is 17.7. The van der Waals surface area contributed by atoms with Crippen LogP contribution in [-0.2, 0) is 13.0 Å². The van der Waals surface area contributed by atoms with Crippen LogP contribution in [0, 0.1) is 6.92 Å². The van der Waals surface area contributed by atoms with Gasteiger partial charge in [-0.25, -0.2) is 14.8 Å². The van der Waals surface area contributed by atoms with Crippen molar-refractivity contribution in [3.8, 4) is 0 Å². The van der Waals surface area contributed by atoms with Crippen molar-refractivity contribution >= 4 is 17.5 Å². The van der Waals surface area contributed by atoms with Gasteiger partial charge in [-0.1, -0.05) is 18.2 Å². The normalized spacial score (nSPS) is 17.6. The lowest BCUT2D eigenvalue weighted by Gasteiger charge is -2.35. The van der Waals surface area contributed by atoms with Crippen LogP contribution in [0.3, 0.4) is 0 Å². The number of hydrogen-bond acceptors (Lipinski definition) is 4. The highest BCUT2D eigenvalue weighted by atomic mass is 16.2. The van der Waals surface area contributed by atoms with Crippen molar-refractivity contribution in [3.05, 3.63) is 47.4 Å². The molecule has 0 radical (unpaired) electrons. The maximum atomic E-state index is 12.7. The van der Waals surface area contributed by atoms with E-state index in [4.69, 9.17) is 4.98 Å². The van der Waals surface area contributed by atoms with Crippen LogP contribution in [-0.4, -0.2) is 60.7 Å². The maximum Gasteiger partial charge on any atom is 0.322 e. The molecule has 2 N–H and O–H groups in total. The van der Waals surface area contributed by atoms with Crippen molar-refractivity contribution in [2.24, 2.45) is 0 Å². The quantitative estimate of drug-likeness (QED) is 0.821. The van der Waals surface area contributed by atoms with Crippen LogP contribution in [0.2, 0.25) is 0 Å². The number of nitrogens with zero attached hydrogens (tertiary/aromatic N) is 4. The van der Waals surface area contributed by atoms with Gasteiger partial charge in [0.25, 0.3) is 0 Å². The smallest absolute Gasteiger partial charge is 0.322 e. The zero-order chi connectivity index (χ0) is 18.8.